The Labute approximate surface area is 201 Å². The van der Waals surface area contributed by atoms with E-state index in [9.17, 15) is 9.90 Å². The number of hydrogen-bond acceptors (Lipinski definition) is 6. The second-order valence-corrected chi connectivity index (χ2v) is 9.58. The molecule has 4 heterocycles. The molecule has 0 unspecified atom stereocenters. The Morgan fingerprint density at radius 2 is 1.94 bits per heavy atom. The highest BCUT2D eigenvalue weighted by atomic mass is 32.1. The van der Waals surface area contributed by atoms with E-state index in [4.69, 9.17) is 0 Å². The second-order valence-electron chi connectivity index (χ2n) is 8.67. The topological polar surface area (TPSA) is 73.1 Å². The first-order valence-corrected chi connectivity index (χ1v) is 12.1. The van der Waals surface area contributed by atoms with Crippen molar-refractivity contribution in [3.8, 4) is 11.3 Å². The minimum absolute atomic E-state index is 0.251. The van der Waals surface area contributed by atoms with Crippen LogP contribution in [-0.4, -0.2) is 57.6 Å². The number of halogens is 1. The second kappa shape index (κ2) is 9.08. The van der Waals surface area contributed by atoms with Crippen LogP contribution in [0.3, 0.4) is 0 Å². The predicted octanol–water partition coefficient (Wildman–Crippen LogP) is 5.17. The molecule has 0 bridgehead atoms. The zero-order valence-corrected chi connectivity index (χ0v) is 19.8. The number of carboxylic acid groups (broad SMARTS) is 1. The molecule has 34 heavy (non-hydrogen) atoms. The van der Waals surface area contributed by atoms with E-state index in [-0.39, 0.29) is 10.7 Å². The van der Waals surface area contributed by atoms with Gasteiger partial charge in [-0.3, -0.25) is 9.30 Å². The van der Waals surface area contributed by atoms with Crippen molar-refractivity contribution in [3.05, 3.63) is 64.9 Å². The number of hydrogen-bond donors (Lipinski definition) is 2. The van der Waals surface area contributed by atoms with Gasteiger partial charge in [-0.1, -0.05) is 0 Å². The highest BCUT2D eigenvalue weighted by molar-refractivity contribution is 7.12. The molecule has 1 aliphatic heterocycles. The number of benzene rings is 1. The number of carbonyl (C=O) groups is 1. The van der Waals surface area contributed by atoms with Crippen molar-refractivity contribution >= 4 is 40.0 Å². The molecule has 1 fully saturated rings. The molecule has 0 amide bonds. The van der Waals surface area contributed by atoms with Crippen LogP contribution < -0.4 is 10.2 Å². The van der Waals surface area contributed by atoms with Crippen LogP contribution >= 0.6 is 11.3 Å². The summed E-state index contributed by atoms with van der Waals surface area (Å²) in [7, 11) is 0. The third-order valence-electron chi connectivity index (χ3n) is 6.27. The molecule has 0 saturated carbocycles. The lowest BCUT2D eigenvalue weighted by molar-refractivity contribution is 0.0702. The summed E-state index contributed by atoms with van der Waals surface area (Å²) in [5.41, 5.74) is 4.33. The molecule has 5 rings (SSSR count). The molecule has 0 atom stereocenters. The van der Waals surface area contributed by atoms with Crippen molar-refractivity contribution < 1.29 is 14.3 Å². The highest BCUT2D eigenvalue weighted by Crippen LogP contribution is 2.31. The van der Waals surface area contributed by atoms with Crippen LogP contribution in [-0.2, 0) is 0 Å². The molecule has 2 N–H and O–H groups in total. The molecule has 9 heteroatoms. The highest BCUT2D eigenvalue weighted by Gasteiger charge is 2.21. The molecular weight excluding hydrogens is 453 g/mol. The molecule has 7 nitrogen and oxygen atoms in total. The number of aromatic carboxylic acids is 1. The average Bonchev–Trinajstić information content (AvgIpc) is 3.50. The maximum Gasteiger partial charge on any atom is 0.345 e. The fourth-order valence-corrected chi connectivity index (χ4v) is 5.14. The summed E-state index contributed by atoms with van der Waals surface area (Å²) < 4.78 is 16.9. The van der Waals surface area contributed by atoms with E-state index in [2.05, 4.69) is 33.9 Å². The maximum absolute atomic E-state index is 15.0. The Balaban J connectivity index is 1.37. The van der Waals surface area contributed by atoms with Crippen molar-refractivity contribution in [3.63, 3.8) is 0 Å². The van der Waals surface area contributed by atoms with E-state index in [0.29, 0.717) is 23.1 Å². The largest absolute Gasteiger partial charge is 0.477 e. The van der Waals surface area contributed by atoms with Gasteiger partial charge in [0.1, 0.15) is 10.7 Å². The lowest BCUT2D eigenvalue weighted by Crippen LogP contribution is -2.49. The number of rotatable bonds is 6. The van der Waals surface area contributed by atoms with Gasteiger partial charge in [-0.25, -0.2) is 14.2 Å². The molecule has 1 saturated heterocycles. The summed E-state index contributed by atoms with van der Waals surface area (Å²) in [6.07, 6.45) is 3.52. The Kier molecular flexibility index (Phi) is 5.97. The number of pyridine rings is 1. The molecule has 176 valence electrons. The Morgan fingerprint density at radius 1 is 1.15 bits per heavy atom. The van der Waals surface area contributed by atoms with Crippen molar-refractivity contribution in [2.24, 2.45) is 0 Å². The van der Waals surface area contributed by atoms with Crippen LogP contribution in [0.25, 0.3) is 16.9 Å². The number of fused-ring (bicyclic) bond motifs is 1. The Bertz CT molecular complexity index is 1340. The first-order chi connectivity index (χ1) is 16.4. The van der Waals surface area contributed by atoms with Crippen LogP contribution in [0.15, 0.2) is 54.2 Å². The molecule has 0 radical (unpaired) electrons. The van der Waals surface area contributed by atoms with Crippen LogP contribution in [0.2, 0.25) is 0 Å². The molecule has 0 aliphatic carbocycles. The minimum atomic E-state index is -0.941. The van der Waals surface area contributed by atoms with Crippen molar-refractivity contribution in [2.75, 3.05) is 36.4 Å². The van der Waals surface area contributed by atoms with Gasteiger partial charge in [0.05, 0.1) is 17.1 Å². The first kappa shape index (κ1) is 22.4. The lowest BCUT2D eigenvalue weighted by atomic mass is 10.2. The van der Waals surface area contributed by atoms with Gasteiger partial charge in [-0.15, -0.1) is 11.3 Å². The Morgan fingerprint density at radius 3 is 2.62 bits per heavy atom. The number of nitrogens with one attached hydrogen (secondary N) is 1. The van der Waals surface area contributed by atoms with Gasteiger partial charge in [-0.2, -0.15) is 0 Å². The lowest BCUT2D eigenvalue weighted by Gasteiger charge is -2.38. The van der Waals surface area contributed by atoms with Gasteiger partial charge in [-0.05, 0) is 50.2 Å². The van der Waals surface area contributed by atoms with Crippen LogP contribution in [0.4, 0.5) is 21.5 Å². The molecule has 1 aromatic carbocycles. The number of anilines is 3. The smallest absolute Gasteiger partial charge is 0.345 e. The molecule has 1 aliphatic rings. The maximum atomic E-state index is 15.0. The van der Waals surface area contributed by atoms with E-state index in [1.807, 2.05) is 40.2 Å². The van der Waals surface area contributed by atoms with Crippen molar-refractivity contribution in [1.29, 1.82) is 0 Å². The summed E-state index contributed by atoms with van der Waals surface area (Å²) in [4.78, 5) is 20.5. The normalized spacial score (nSPS) is 14.8. The fourth-order valence-electron chi connectivity index (χ4n) is 4.41. The zero-order chi connectivity index (χ0) is 23.8. The van der Waals surface area contributed by atoms with Crippen LogP contribution in [0.1, 0.15) is 23.5 Å². The van der Waals surface area contributed by atoms with E-state index in [1.165, 1.54) is 17.4 Å². The van der Waals surface area contributed by atoms with Crippen molar-refractivity contribution in [2.45, 2.75) is 19.9 Å². The molecule has 0 spiro atoms. The number of nitrogens with zero attached hydrogens (tertiary/aromatic N) is 4. The summed E-state index contributed by atoms with van der Waals surface area (Å²) in [5, 5.41) is 14.3. The standard InChI is InChI=1S/C25H26FN5O2S/c1-16(2)29-9-11-30(12-10-29)22-5-3-18(14-19(22)26)28-20-4-6-21(31-8-7-27-24(20)31)17-13-23(25(32)33)34-15-17/h3-8,13-16,28H,9-12H2,1-2H3,(H,32,33). The Hall–Kier alpha value is -3.43. The van der Waals surface area contributed by atoms with Gasteiger partial charge in [0.25, 0.3) is 0 Å². The van der Waals surface area contributed by atoms with Gasteiger partial charge in [0.15, 0.2) is 5.65 Å². The summed E-state index contributed by atoms with van der Waals surface area (Å²) >= 11 is 1.19. The summed E-state index contributed by atoms with van der Waals surface area (Å²) in [6.45, 7) is 7.86. The van der Waals surface area contributed by atoms with Gasteiger partial charge >= 0.3 is 5.97 Å². The quantitative estimate of drug-likeness (QED) is 0.397. The summed E-state index contributed by atoms with van der Waals surface area (Å²) in [5.74, 6) is -1.19. The van der Waals surface area contributed by atoms with Gasteiger partial charge in [0, 0.05) is 61.2 Å². The van der Waals surface area contributed by atoms with E-state index >= 15 is 4.39 Å². The monoisotopic (exact) mass is 479 g/mol. The van der Waals surface area contributed by atoms with Crippen molar-refractivity contribution in [1.82, 2.24) is 14.3 Å². The molecular formula is C25H26FN5O2S. The summed E-state index contributed by atoms with van der Waals surface area (Å²) in [6, 6.07) is 11.2. The predicted molar refractivity (Wildman–Crippen MR) is 134 cm³/mol. The van der Waals surface area contributed by atoms with Crippen LogP contribution in [0, 0.1) is 5.82 Å². The van der Waals surface area contributed by atoms with E-state index < -0.39 is 5.97 Å². The van der Waals surface area contributed by atoms with Gasteiger partial charge in [0.2, 0.25) is 0 Å². The third kappa shape index (κ3) is 4.24. The average molecular weight is 480 g/mol. The zero-order valence-electron chi connectivity index (χ0n) is 19.0. The number of imidazole rings is 1. The number of thiophene rings is 1. The number of aromatic nitrogens is 2. The molecule has 4 aromatic rings. The fraction of sp³-hybridized carbons (Fsp3) is 0.280. The van der Waals surface area contributed by atoms with E-state index in [0.717, 1.165) is 43.1 Å². The minimum Gasteiger partial charge on any atom is -0.477 e. The third-order valence-corrected chi connectivity index (χ3v) is 7.19. The van der Waals surface area contributed by atoms with Crippen LogP contribution in [0.5, 0.6) is 0 Å². The van der Waals surface area contributed by atoms with E-state index in [1.54, 1.807) is 12.3 Å². The SMILES string of the molecule is CC(C)N1CCN(c2ccc(Nc3ccc(-c4csc(C(=O)O)c4)n4ccnc34)cc2F)CC1. The van der Waals surface area contributed by atoms with Gasteiger partial charge < -0.3 is 15.3 Å². The number of carboxylic acids is 1. The first-order valence-electron chi connectivity index (χ1n) is 11.2. The molecule has 3 aromatic heterocycles. The number of piperazine rings is 1.